The molecule has 1 saturated heterocycles. The molecule has 1 fully saturated rings. The van der Waals surface area contributed by atoms with Crippen molar-refractivity contribution < 1.29 is 14.3 Å². The Bertz CT molecular complexity index is 686. The monoisotopic (exact) mass is 332 g/mol. The minimum Gasteiger partial charge on any atom is -0.476 e. The molecule has 0 radical (unpaired) electrons. The molecule has 0 spiro atoms. The summed E-state index contributed by atoms with van der Waals surface area (Å²) < 4.78 is 14.0. The first-order valence-electron chi connectivity index (χ1n) is 8.17. The first kappa shape index (κ1) is 16.6. The van der Waals surface area contributed by atoms with E-state index in [-0.39, 0.29) is 18.4 Å². The summed E-state index contributed by atoms with van der Waals surface area (Å²) in [6, 6.07) is 8.20. The number of alkyl halides is 1. The van der Waals surface area contributed by atoms with Gasteiger partial charge in [0.15, 0.2) is 5.69 Å². The summed E-state index contributed by atoms with van der Waals surface area (Å²) in [6.07, 6.45) is 3.97. The van der Waals surface area contributed by atoms with Crippen molar-refractivity contribution in [2.45, 2.75) is 31.8 Å². The van der Waals surface area contributed by atoms with E-state index in [0.29, 0.717) is 6.42 Å². The van der Waals surface area contributed by atoms with Gasteiger partial charge in [0.2, 0.25) is 0 Å². The lowest BCUT2D eigenvalue weighted by Gasteiger charge is -2.32. The number of aryl methyl sites for hydroxylation is 1. The molecule has 128 valence electrons. The number of halogens is 1. The molecule has 0 bridgehead atoms. The Kier molecular flexibility index (Phi) is 5.20. The molecule has 1 unspecified atom stereocenters. The third kappa shape index (κ3) is 3.97. The van der Waals surface area contributed by atoms with E-state index in [4.69, 9.17) is 5.11 Å². The quantitative estimate of drug-likeness (QED) is 0.879. The van der Waals surface area contributed by atoms with Crippen molar-refractivity contribution >= 4 is 5.97 Å². The van der Waals surface area contributed by atoms with E-state index in [1.54, 1.807) is 4.68 Å². The third-order valence-corrected chi connectivity index (χ3v) is 4.40. The van der Waals surface area contributed by atoms with Crippen molar-refractivity contribution in [1.29, 1.82) is 0 Å². The first-order valence-corrected chi connectivity index (χ1v) is 8.17. The van der Waals surface area contributed by atoms with Gasteiger partial charge in [0.25, 0.3) is 0 Å². The van der Waals surface area contributed by atoms with Gasteiger partial charge in [-0.25, -0.2) is 9.48 Å². The molecule has 2 aromatic rings. The summed E-state index contributed by atoms with van der Waals surface area (Å²) in [6.45, 7) is 2.31. The molecular formula is C17H21FN4O2. The van der Waals surface area contributed by atoms with E-state index >= 15 is 0 Å². The Morgan fingerprint density at radius 1 is 1.29 bits per heavy atom. The summed E-state index contributed by atoms with van der Waals surface area (Å²) >= 11 is 0. The van der Waals surface area contributed by atoms with Gasteiger partial charge in [-0.3, -0.25) is 9.29 Å². The Morgan fingerprint density at radius 2 is 2.04 bits per heavy atom. The van der Waals surface area contributed by atoms with E-state index in [2.05, 4.69) is 15.2 Å². The Hall–Kier alpha value is -2.28. The molecule has 1 aliphatic heterocycles. The van der Waals surface area contributed by atoms with Crippen LogP contribution >= 0.6 is 0 Å². The van der Waals surface area contributed by atoms with Crippen LogP contribution in [0.15, 0.2) is 30.5 Å². The largest absolute Gasteiger partial charge is 0.476 e. The number of benzene rings is 1. The molecule has 0 aliphatic carbocycles. The maximum absolute atomic E-state index is 12.3. The topological polar surface area (TPSA) is 71.2 Å². The van der Waals surface area contributed by atoms with Gasteiger partial charge < -0.3 is 5.11 Å². The summed E-state index contributed by atoms with van der Waals surface area (Å²) in [5.41, 5.74) is 2.19. The molecule has 0 saturated carbocycles. The summed E-state index contributed by atoms with van der Waals surface area (Å²) in [4.78, 5) is 13.3. The molecule has 24 heavy (non-hydrogen) atoms. The lowest BCUT2D eigenvalue weighted by Crippen LogP contribution is -2.36. The van der Waals surface area contributed by atoms with Gasteiger partial charge in [-0.2, -0.15) is 0 Å². The molecular weight excluding hydrogens is 311 g/mol. The molecule has 7 heteroatoms. The third-order valence-electron chi connectivity index (χ3n) is 4.40. The Balaban J connectivity index is 1.61. The number of rotatable bonds is 6. The number of aromatic nitrogens is 3. The van der Waals surface area contributed by atoms with E-state index in [9.17, 15) is 9.18 Å². The molecule has 3 rings (SSSR count). The maximum Gasteiger partial charge on any atom is 0.358 e. The Labute approximate surface area is 139 Å². The zero-order valence-corrected chi connectivity index (χ0v) is 13.4. The van der Waals surface area contributed by atoms with E-state index < -0.39 is 5.97 Å². The molecule has 6 nitrogen and oxygen atoms in total. The van der Waals surface area contributed by atoms with Gasteiger partial charge in [0.1, 0.15) is 0 Å². The van der Waals surface area contributed by atoms with Gasteiger partial charge in [-0.1, -0.05) is 29.5 Å². The van der Waals surface area contributed by atoms with Gasteiger partial charge in [0, 0.05) is 19.5 Å². The summed E-state index contributed by atoms with van der Waals surface area (Å²) in [5, 5.41) is 16.6. The lowest BCUT2D eigenvalue weighted by atomic mass is 10.0. The van der Waals surface area contributed by atoms with Crippen molar-refractivity contribution in [3.05, 3.63) is 47.3 Å². The van der Waals surface area contributed by atoms with Crippen LogP contribution in [0.4, 0.5) is 4.39 Å². The highest BCUT2D eigenvalue weighted by Gasteiger charge is 2.23. The molecule has 2 heterocycles. The second-order valence-corrected chi connectivity index (χ2v) is 6.18. The van der Waals surface area contributed by atoms with Crippen molar-refractivity contribution in [3.8, 4) is 0 Å². The van der Waals surface area contributed by atoms with Crippen molar-refractivity contribution in [3.63, 3.8) is 0 Å². The summed E-state index contributed by atoms with van der Waals surface area (Å²) in [5.74, 6) is -1.05. The molecule has 1 aliphatic rings. The standard InChI is InChI=1S/C17H21FN4O2/c18-8-7-13-3-5-14(6-4-13)10-21-9-1-2-15(11-21)22-12-16(17(23)24)19-20-22/h3-6,12,15H,1-2,7-11H2,(H,23,24). The number of likely N-dealkylation sites (tertiary alicyclic amines) is 1. The van der Waals surface area contributed by atoms with Crippen LogP contribution in [0.5, 0.6) is 0 Å². The van der Waals surface area contributed by atoms with Gasteiger partial charge in [0.05, 0.1) is 18.9 Å². The number of carboxylic acids is 1. The number of piperidine rings is 1. The fourth-order valence-corrected chi connectivity index (χ4v) is 3.12. The summed E-state index contributed by atoms with van der Waals surface area (Å²) in [7, 11) is 0. The van der Waals surface area contributed by atoms with E-state index in [0.717, 1.165) is 38.0 Å². The van der Waals surface area contributed by atoms with Crippen molar-refractivity contribution in [2.75, 3.05) is 19.8 Å². The van der Waals surface area contributed by atoms with Crippen LogP contribution in [0.25, 0.3) is 0 Å². The highest BCUT2D eigenvalue weighted by molar-refractivity contribution is 5.84. The molecule has 1 atom stereocenters. The zero-order chi connectivity index (χ0) is 16.9. The number of hydrogen-bond acceptors (Lipinski definition) is 4. The molecule has 1 aromatic carbocycles. The van der Waals surface area contributed by atoms with Gasteiger partial charge in [-0.15, -0.1) is 5.10 Å². The predicted molar refractivity (Wildman–Crippen MR) is 86.7 cm³/mol. The minimum atomic E-state index is -1.05. The average molecular weight is 332 g/mol. The highest BCUT2D eigenvalue weighted by Crippen LogP contribution is 2.22. The van der Waals surface area contributed by atoms with Crippen LogP contribution in [-0.2, 0) is 13.0 Å². The fourth-order valence-electron chi connectivity index (χ4n) is 3.12. The minimum absolute atomic E-state index is 0.0180. The average Bonchev–Trinajstić information content (AvgIpc) is 3.08. The maximum atomic E-state index is 12.3. The van der Waals surface area contributed by atoms with Crippen LogP contribution in [0, 0.1) is 0 Å². The van der Waals surface area contributed by atoms with Crippen LogP contribution in [0.1, 0.15) is 40.5 Å². The first-order chi connectivity index (χ1) is 11.7. The normalized spacial score (nSPS) is 18.6. The zero-order valence-electron chi connectivity index (χ0n) is 13.4. The smallest absolute Gasteiger partial charge is 0.358 e. The predicted octanol–water partition coefficient (Wildman–Crippen LogP) is 2.33. The number of carbonyl (C=O) groups is 1. The fraction of sp³-hybridized carbons (Fsp3) is 0.471. The number of carboxylic acid groups (broad SMARTS) is 1. The van der Waals surface area contributed by atoms with Crippen LogP contribution < -0.4 is 0 Å². The number of hydrogen-bond donors (Lipinski definition) is 1. The van der Waals surface area contributed by atoms with Crippen LogP contribution in [0.2, 0.25) is 0 Å². The van der Waals surface area contributed by atoms with Crippen LogP contribution in [0.3, 0.4) is 0 Å². The lowest BCUT2D eigenvalue weighted by molar-refractivity contribution is 0.0690. The second kappa shape index (κ2) is 7.53. The highest BCUT2D eigenvalue weighted by atomic mass is 19.1. The SMILES string of the molecule is O=C(O)c1cn(C2CCCN(Cc3ccc(CCF)cc3)C2)nn1. The molecule has 1 N–H and O–H groups in total. The second-order valence-electron chi connectivity index (χ2n) is 6.18. The number of nitrogens with zero attached hydrogens (tertiary/aromatic N) is 4. The van der Waals surface area contributed by atoms with Crippen molar-refractivity contribution in [2.24, 2.45) is 0 Å². The van der Waals surface area contributed by atoms with Crippen molar-refractivity contribution in [1.82, 2.24) is 19.9 Å². The van der Waals surface area contributed by atoms with Crippen LogP contribution in [-0.4, -0.2) is 50.7 Å². The van der Waals surface area contributed by atoms with E-state index in [1.807, 2.05) is 24.3 Å². The molecule has 1 aromatic heterocycles. The van der Waals surface area contributed by atoms with Gasteiger partial charge in [-0.05, 0) is 30.5 Å². The van der Waals surface area contributed by atoms with Gasteiger partial charge >= 0.3 is 5.97 Å². The van der Waals surface area contributed by atoms with E-state index in [1.165, 1.54) is 11.8 Å². The number of aromatic carboxylic acids is 1. The Morgan fingerprint density at radius 3 is 2.71 bits per heavy atom. The molecule has 0 amide bonds.